The third-order valence-corrected chi connectivity index (χ3v) is 7.25. The molecule has 0 bridgehead atoms. The second-order valence-corrected chi connectivity index (χ2v) is 10.1. The van der Waals surface area contributed by atoms with Gasteiger partial charge in [-0.2, -0.15) is 0 Å². The molecule has 198 valence electrons. The zero-order chi connectivity index (χ0) is 26.3. The van der Waals surface area contributed by atoms with E-state index >= 15 is 0 Å². The fourth-order valence-corrected chi connectivity index (χ4v) is 4.85. The van der Waals surface area contributed by atoms with Gasteiger partial charge in [0.2, 0.25) is 5.95 Å². The SMILES string of the molecule is CNC(Cc1ccc(-c2ccnc(Nc3cccc(CN4CCN(CC=O)CC4)c3)n2)cn1)C(=O)C1CC1. The maximum Gasteiger partial charge on any atom is 0.227 e. The van der Waals surface area contributed by atoms with E-state index in [0.29, 0.717) is 24.7 Å². The van der Waals surface area contributed by atoms with Crippen molar-refractivity contribution >= 4 is 23.7 Å². The molecule has 0 spiro atoms. The highest BCUT2D eigenvalue weighted by Gasteiger charge is 2.34. The van der Waals surface area contributed by atoms with Gasteiger partial charge >= 0.3 is 0 Å². The molecule has 1 unspecified atom stereocenters. The molecule has 9 heteroatoms. The Hall–Kier alpha value is -3.53. The molecule has 0 radical (unpaired) electrons. The van der Waals surface area contributed by atoms with E-state index in [1.807, 2.05) is 43.6 Å². The number of carbonyl (C=O) groups is 2. The summed E-state index contributed by atoms with van der Waals surface area (Å²) in [5.41, 5.74) is 4.72. The Balaban J connectivity index is 1.19. The summed E-state index contributed by atoms with van der Waals surface area (Å²) in [5.74, 6) is 1.05. The van der Waals surface area contributed by atoms with Gasteiger partial charge in [-0.3, -0.25) is 19.6 Å². The number of piperazine rings is 1. The fraction of sp³-hybridized carbons (Fsp3) is 0.414. The first-order valence-corrected chi connectivity index (χ1v) is 13.3. The van der Waals surface area contributed by atoms with Crippen LogP contribution in [0.1, 0.15) is 24.1 Å². The Morgan fingerprint density at radius 2 is 1.89 bits per heavy atom. The van der Waals surface area contributed by atoms with Gasteiger partial charge in [-0.1, -0.05) is 12.1 Å². The van der Waals surface area contributed by atoms with E-state index in [9.17, 15) is 9.59 Å². The van der Waals surface area contributed by atoms with Crippen LogP contribution >= 0.6 is 0 Å². The van der Waals surface area contributed by atoms with Crippen LogP contribution in [0.15, 0.2) is 54.9 Å². The quantitative estimate of drug-likeness (QED) is 0.354. The lowest BCUT2D eigenvalue weighted by molar-refractivity contribution is -0.122. The molecule has 3 aromatic rings. The van der Waals surface area contributed by atoms with Crippen molar-refractivity contribution in [3.05, 3.63) is 66.1 Å². The van der Waals surface area contributed by atoms with Gasteiger partial charge in [0.15, 0.2) is 5.78 Å². The number of Topliss-reactive ketones (excluding diaryl/α,β-unsaturated/α-hetero) is 1. The van der Waals surface area contributed by atoms with E-state index in [2.05, 4.69) is 42.5 Å². The molecule has 2 fully saturated rings. The van der Waals surface area contributed by atoms with Crippen molar-refractivity contribution < 1.29 is 9.59 Å². The number of hydrogen-bond acceptors (Lipinski definition) is 9. The number of benzene rings is 1. The summed E-state index contributed by atoms with van der Waals surface area (Å²) in [7, 11) is 1.84. The number of rotatable bonds is 12. The molecule has 1 atom stereocenters. The van der Waals surface area contributed by atoms with Crippen LogP contribution in [0.25, 0.3) is 11.3 Å². The average molecular weight is 514 g/mol. The predicted octanol–water partition coefficient (Wildman–Crippen LogP) is 2.71. The number of carbonyl (C=O) groups excluding carboxylic acids is 2. The van der Waals surface area contributed by atoms with Crippen molar-refractivity contribution in [3.63, 3.8) is 0 Å². The Kier molecular flexibility index (Phi) is 8.47. The third kappa shape index (κ3) is 6.86. The summed E-state index contributed by atoms with van der Waals surface area (Å²) in [6.07, 6.45) is 7.15. The van der Waals surface area contributed by atoms with Crippen molar-refractivity contribution in [2.24, 2.45) is 5.92 Å². The maximum absolute atomic E-state index is 12.4. The van der Waals surface area contributed by atoms with E-state index < -0.39 is 0 Å². The van der Waals surface area contributed by atoms with Crippen LogP contribution in [0, 0.1) is 5.92 Å². The second-order valence-electron chi connectivity index (χ2n) is 10.1. The second kappa shape index (κ2) is 12.3. The van der Waals surface area contributed by atoms with Crippen molar-refractivity contribution in [2.45, 2.75) is 31.8 Å². The van der Waals surface area contributed by atoms with E-state index in [0.717, 1.165) is 74.5 Å². The minimum absolute atomic E-state index is 0.182. The number of nitrogens with one attached hydrogen (secondary N) is 2. The number of anilines is 2. The minimum atomic E-state index is -0.182. The molecule has 1 saturated heterocycles. The molecule has 2 aliphatic rings. The van der Waals surface area contributed by atoms with E-state index in [1.165, 1.54) is 5.56 Å². The topological polar surface area (TPSA) is 103 Å². The molecule has 1 saturated carbocycles. The van der Waals surface area contributed by atoms with Gasteiger partial charge in [0, 0.05) is 74.4 Å². The molecular weight excluding hydrogens is 478 g/mol. The molecule has 0 amide bonds. The summed E-state index contributed by atoms with van der Waals surface area (Å²) >= 11 is 0. The van der Waals surface area contributed by atoms with Gasteiger partial charge in [-0.15, -0.1) is 0 Å². The summed E-state index contributed by atoms with van der Waals surface area (Å²) in [5, 5.41) is 6.48. The predicted molar refractivity (Wildman–Crippen MR) is 147 cm³/mol. The molecular formula is C29H35N7O2. The number of pyridine rings is 1. The van der Waals surface area contributed by atoms with Gasteiger partial charge in [-0.25, -0.2) is 9.97 Å². The van der Waals surface area contributed by atoms with E-state index in [-0.39, 0.29) is 12.0 Å². The van der Waals surface area contributed by atoms with Crippen LogP contribution in [0.5, 0.6) is 0 Å². The van der Waals surface area contributed by atoms with Crippen LogP contribution in [-0.2, 0) is 22.6 Å². The van der Waals surface area contributed by atoms with E-state index in [4.69, 9.17) is 4.98 Å². The first kappa shape index (κ1) is 26.1. The molecule has 5 rings (SSSR count). The lowest BCUT2D eigenvalue weighted by Gasteiger charge is -2.33. The van der Waals surface area contributed by atoms with Gasteiger partial charge in [0.25, 0.3) is 0 Å². The summed E-state index contributed by atoms with van der Waals surface area (Å²) in [4.78, 5) is 41.5. The van der Waals surface area contributed by atoms with Crippen LogP contribution in [0.2, 0.25) is 0 Å². The number of nitrogens with zero attached hydrogens (tertiary/aromatic N) is 5. The minimum Gasteiger partial charge on any atom is -0.324 e. The van der Waals surface area contributed by atoms with Gasteiger partial charge < -0.3 is 15.4 Å². The van der Waals surface area contributed by atoms with E-state index in [1.54, 1.807) is 6.20 Å². The zero-order valence-corrected chi connectivity index (χ0v) is 21.8. The molecule has 1 aromatic carbocycles. The van der Waals surface area contributed by atoms with Crippen LogP contribution in [0.4, 0.5) is 11.6 Å². The normalized spacial score (nSPS) is 17.2. The fourth-order valence-electron chi connectivity index (χ4n) is 4.85. The summed E-state index contributed by atoms with van der Waals surface area (Å²) < 4.78 is 0. The number of aldehydes is 1. The highest BCUT2D eigenvalue weighted by Crippen LogP contribution is 2.31. The molecule has 1 aliphatic carbocycles. The first-order chi connectivity index (χ1) is 18.6. The van der Waals surface area contributed by atoms with Crippen molar-refractivity contribution in [1.29, 1.82) is 0 Å². The molecule has 2 N–H and O–H groups in total. The first-order valence-electron chi connectivity index (χ1n) is 13.3. The highest BCUT2D eigenvalue weighted by atomic mass is 16.1. The Bertz CT molecular complexity index is 1240. The largest absolute Gasteiger partial charge is 0.324 e. The van der Waals surface area contributed by atoms with Crippen LogP contribution < -0.4 is 10.6 Å². The van der Waals surface area contributed by atoms with Gasteiger partial charge in [0.05, 0.1) is 18.3 Å². The monoisotopic (exact) mass is 513 g/mol. The van der Waals surface area contributed by atoms with Gasteiger partial charge in [-0.05, 0) is 55.8 Å². The maximum atomic E-state index is 12.4. The molecule has 9 nitrogen and oxygen atoms in total. The Morgan fingerprint density at radius 3 is 2.61 bits per heavy atom. The van der Waals surface area contributed by atoms with Crippen molar-refractivity contribution in [2.75, 3.05) is 45.1 Å². The number of ketones is 1. The lowest BCUT2D eigenvalue weighted by Crippen LogP contribution is -2.46. The van der Waals surface area contributed by atoms with Gasteiger partial charge in [0.1, 0.15) is 6.29 Å². The molecule has 2 aromatic heterocycles. The highest BCUT2D eigenvalue weighted by molar-refractivity contribution is 5.88. The number of hydrogen-bond donors (Lipinski definition) is 2. The molecule has 1 aliphatic heterocycles. The summed E-state index contributed by atoms with van der Waals surface area (Å²) in [6, 6.07) is 14.0. The van der Waals surface area contributed by atoms with Crippen LogP contribution in [0.3, 0.4) is 0 Å². The standard InChI is InChI=1S/C29H35N7O2/c1-30-27(28(38)22-5-6-22)18-24-8-7-23(19-32-24)26-9-10-31-29(34-26)33-25-4-2-3-21(17-25)20-36-13-11-35(12-14-36)15-16-37/h2-4,7-10,16-17,19,22,27,30H,5-6,11-15,18,20H2,1H3,(H,31,33,34). The summed E-state index contributed by atoms with van der Waals surface area (Å²) in [6.45, 7) is 5.13. The molecule has 38 heavy (non-hydrogen) atoms. The lowest BCUT2D eigenvalue weighted by atomic mass is 10.0. The smallest absolute Gasteiger partial charge is 0.227 e. The zero-order valence-electron chi connectivity index (χ0n) is 21.8. The third-order valence-electron chi connectivity index (χ3n) is 7.25. The van der Waals surface area contributed by atoms with Crippen molar-refractivity contribution in [3.8, 4) is 11.3 Å². The Morgan fingerprint density at radius 1 is 1.08 bits per heavy atom. The number of likely N-dealkylation sites (N-methyl/N-ethyl adjacent to an activating group) is 1. The van der Waals surface area contributed by atoms with Crippen LogP contribution in [-0.4, -0.2) is 82.6 Å². The van der Waals surface area contributed by atoms with Crippen molar-refractivity contribution in [1.82, 2.24) is 30.1 Å². The average Bonchev–Trinajstić information content (AvgIpc) is 3.79. The molecule has 3 heterocycles. The Labute approximate surface area is 223 Å². The number of aromatic nitrogens is 3.